The molecule has 0 fully saturated rings. The summed E-state index contributed by atoms with van der Waals surface area (Å²) in [6.45, 7) is 8.86. The van der Waals surface area contributed by atoms with Crippen molar-refractivity contribution in [3.8, 4) is 5.88 Å². The summed E-state index contributed by atoms with van der Waals surface area (Å²) < 4.78 is 5.26. The van der Waals surface area contributed by atoms with E-state index in [4.69, 9.17) is 16.3 Å². The van der Waals surface area contributed by atoms with Gasteiger partial charge in [0.1, 0.15) is 0 Å². The van der Waals surface area contributed by atoms with E-state index < -0.39 is 0 Å². The van der Waals surface area contributed by atoms with Gasteiger partial charge in [-0.1, -0.05) is 32.4 Å². The van der Waals surface area contributed by atoms with Gasteiger partial charge in [-0.2, -0.15) is 0 Å². The molecule has 0 N–H and O–H groups in total. The van der Waals surface area contributed by atoms with Crippen LogP contribution in [-0.4, -0.2) is 11.6 Å². The van der Waals surface area contributed by atoms with E-state index in [0.717, 1.165) is 10.6 Å². The number of hydrogen-bond acceptors (Lipinski definition) is 2. The van der Waals surface area contributed by atoms with Crippen molar-refractivity contribution in [1.82, 2.24) is 4.98 Å². The van der Waals surface area contributed by atoms with Gasteiger partial charge in [-0.15, -0.1) is 0 Å². The molecular weight excluding hydrogens is 198 g/mol. The van der Waals surface area contributed by atoms with Crippen LogP contribution in [0.15, 0.2) is 12.3 Å². The molecule has 0 spiro atoms. The van der Waals surface area contributed by atoms with Gasteiger partial charge in [0.15, 0.2) is 0 Å². The minimum atomic E-state index is 0.0226. The summed E-state index contributed by atoms with van der Waals surface area (Å²) in [5.41, 5.74) is 1.07. The van der Waals surface area contributed by atoms with Crippen LogP contribution in [0.25, 0.3) is 0 Å². The van der Waals surface area contributed by atoms with E-state index in [1.165, 1.54) is 0 Å². The fourth-order valence-electron chi connectivity index (χ4n) is 1.19. The maximum Gasteiger partial charge on any atom is 0.214 e. The lowest BCUT2D eigenvalue weighted by Gasteiger charge is -2.20. The molecule has 1 aromatic heterocycles. The largest absolute Gasteiger partial charge is 0.478 e. The van der Waals surface area contributed by atoms with Crippen molar-refractivity contribution in [2.75, 3.05) is 6.61 Å². The van der Waals surface area contributed by atoms with Crippen molar-refractivity contribution >= 4 is 11.6 Å². The minimum absolute atomic E-state index is 0.0226. The quantitative estimate of drug-likeness (QED) is 0.751. The molecule has 2 nitrogen and oxygen atoms in total. The molecule has 0 bridgehead atoms. The first kappa shape index (κ1) is 11.3. The Bertz CT molecular complexity index is 318. The van der Waals surface area contributed by atoms with E-state index in [9.17, 15) is 0 Å². The number of aromatic nitrogens is 1. The standard InChI is InChI=1S/C11H16ClNO/c1-5-14-10-6-9(12)8(7-13-10)11(2,3)4/h6-7H,5H2,1-4H3. The topological polar surface area (TPSA) is 22.1 Å². The average Bonchev–Trinajstić information content (AvgIpc) is 2.02. The fraction of sp³-hybridized carbons (Fsp3) is 0.545. The van der Waals surface area contributed by atoms with Gasteiger partial charge in [0.2, 0.25) is 5.88 Å². The Balaban J connectivity index is 3.02. The zero-order chi connectivity index (χ0) is 10.8. The highest BCUT2D eigenvalue weighted by Gasteiger charge is 2.18. The molecule has 14 heavy (non-hydrogen) atoms. The van der Waals surface area contributed by atoms with Crippen molar-refractivity contribution in [2.45, 2.75) is 33.1 Å². The van der Waals surface area contributed by atoms with Crippen LogP contribution in [-0.2, 0) is 5.41 Å². The average molecular weight is 214 g/mol. The van der Waals surface area contributed by atoms with Crippen LogP contribution in [0.3, 0.4) is 0 Å². The van der Waals surface area contributed by atoms with Crippen molar-refractivity contribution in [2.24, 2.45) is 0 Å². The second-order valence-electron chi connectivity index (χ2n) is 4.19. The van der Waals surface area contributed by atoms with E-state index >= 15 is 0 Å². The number of rotatable bonds is 2. The van der Waals surface area contributed by atoms with Crippen LogP contribution < -0.4 is 4.74 Å². The summed E-state index contributed by atoms with van der Waals surface area (Å²) in [7, 11) is 0. The van der Waals surface area contributed by atoms with Crippen LogP contribution in [0, 0.1) is 0 Å². The Hall–Kier alpha value is -0.760. The number of hydrogen-bond donors (Lipinski definition) is 0. The molecule has 1 heterocycles. The maximum atomic E-state index is 6.13. The third-order valence-corrected chi connectivity index (χ3v) is 2.24. The highest BCUT2D eigenvalue weighted by atomic mass is 35.5. The number of nitrogens with zero attached hydrogens (tertiary/aromatic N) is 1. The number of pyridine rings is 1. The van der Waals surface area contributed by atoms with Crippen LogP contribution in [0.1, 0.15) is 33.3 Å². The van der Waals surface area contributed by atoms with E-state index in [1.807, 2.05) is 6.92 Å². The second-order valence-corrected chi connectivity index (χ2v) is 4.59. The Labute approximate surface area is 90.3 Å². The van der Waals surface area contributed by atoms with Crippen LogP contribution in [0.2, 0.25) is 5.02 Å². The lowest BCUT2D eigenvalue weighted by atomic mass is 9.88. The molecule has 1 rings (SSSR count). The van der Waals surface area contributed by atoms with Crippen molar-refractivity contribution < 1.29 is 4.74 Å². The van der Waals surface area contributed by atoms with Gasteiger partial charge >= 0.3 is 0 Å². The van der Waals surface area contributed by atoms with E-state index in [-0.39, 0.29) is 5.41 Å². The normalized spacial score (nSPS) is 11.5. The summed E-state index contributed by atoms with van der Waals surface area (Å²) in [5.74, 6) is 0.588. The van der Waals surface area contributed by atoms with Crippen LogP contribution in [0.5, 0.6) is 5.88 Å². The molecule has 0 aliphatic rings. The summed E-state index contributed by atoms with van der Waals surface area (Å²) in [6, 6.07) is 1.77. The van der Waals surface area contributed by atoms with E-state index in [1.54, 1.807) is 12.3 Å². The smallest absolute Gasteiger partial charge is 0.214 e. The summed E-state index contributed by atoms with van der Waals surface area (Å²) >= 11 is 6.13. The van der Waals surface area contributed by atoms with Gasteiger partial charge in [-0.25, -0.2) is 4.98 Å². The lowest BCUT2D eigenvalue weighted by molar-refractivity contribution is 0.326. The molecule has 0 atom stereocenters. The Morgan fingerprint density at radius 2 is 2.07 bits per heavy atom. The van der Waals surface area contributed by atoms with Gasteiger partial charge in [0.05, 0.1) is 11.6 Å². The number of halogens is 1. The molecule has 78 valence electrons. The third kappa shape index (κ3) is 2.61. The van der Waals surface area contributed by atoms with Gasteiger partial charge in [-0.05, 0) is 17.9 Å². The number of ether oxygens (including phenoxy) is 1. The predicted octanol–water partition coefficient (Wildman–Crippen LogP) is 3.43. The summed E-state index contributed by atoms with van der Waals surface area (Å²) in [4.78, 5) is 4.19. The third-order valence-electron chi connectivity index (χ3n) is 1.93. The molecule has 0 radical (unpaired) electrons. The zero-order valence-electron chi connectivity index (χ0n) is 9.10. The fourth-order valence-corrected chi connectivity index (χ4v) is 1.62. The zero-order valence-corrected chi connectivity index (χ0v) is 9.85. The van der Waals surface area contributed by atoms with Gasteiger partial charge < -0.3 is 4.74 Å². The minimum Gasteiger partial charge on any atom is -0.478 e. The molecule has 0 aliphatic carbocycles. The van der Waals surface area contributed by atoms with Crippen molar-refractivity contribution in [1.29, 1.82) is 0 Å². The SMILES string of the molecule is CCOc1cc(Cl)c(C(C)(C)C)cn1. The first-order chi connectivity index (χ1) is 6.45. The van der Waals surface area contributed by atoms with Gasteiger partial charge in [0.25, 0.3) is 0 Å². The molecule has 3 heteroatoms. The molecule has 0 saturated carbocycles. The Morgan fingerprint density at radius 3 is 2.50 bits per heavy atom. The first-order valence-corrected chi connectivity index (χ1v) is 5.11. The molecular formula is C11H16ClNO. The van der Waals surface area contributed by atoms with Crippen molar-refractivity contribution in [3.63, 3.8) is 0 Å². The van der Waals surface area contributed by atoms with Crippen molar-refractivity contribution in [3.05, 3.63) is 22.8 Å². The van der Waals surface area contributed by atoms with Gasteiger partial charge in [-0.3, -0.25) is 0 Å². The Kier molecular flexibility index (Phi) is 3.38. The summed E-state index contributed by atoms with van der Waals surface area (Å²) in [6.07, 6.45) is 1.79. The molecule has 0 aliphatic heterocycles. The molecule has 0 aromatic carbocycles. The molecule has 0 saturated heterocycles. The van der Waals surface area contributed by atoms with E-state index in [0.29, 0.717) is 12.5 Å². The predicted molar refractivity (Wildman–Crippen MR) is 59.1 cm³/mol. The molecule has 0 unspecified atom stereocenters. The monoisotopic (exact) mass is 213 g/mol. The highest BCUT2D eigenvalue weighted by Crippen LogP contribution is 2.30. The maximum absolute atomic E-state index is 6.13. The van der Waals surface area contributed by atoms with E-state index in [2.05, 4.69) is 25.8 Å². The lowest BCUT2D eigenvalue weighted by Crippen LogP contribution is -2.12. The van der Waals surface area contributed by atoms with Crippen LogP contribution in [0.4, 0.5) is 0 Å². The Morgan fingerprint density at radius 1 is 1.43 bits per heavy atom. The summed E-state index contributed by atoms with van der Waals surface area (Å²) in [5, 5.41) is 0.718. The molecule has 1 aromatic rings. The van der Waals surface area contributed by atoms with Gasteiger partial charge in [0, 0.05) is 12.3 Å². The van der Waals surface area contributed by atoms with Crippen LogP contribution >= 0.6 is 11.6 Å². The second kappa shape index (κ2) is 4.18. The molecule has 0 amide bonds. The first-order valence-electron chi connectivity index (χ1n) is 4.74. The highest BCUT2D eigenvalue weighted by molar-refractivity contribution is 6.31.